The fraction of sp³-hybridized carbons (Fsp3) is 0.579. The zero-order valence-corrected chi connectivity index (χ0v) is 19.5. The van der Waals surface area contributed by atoms with Crippen LogP contribution in [0.3, 0.4) is 0 Å². The molecule has 0 amide bonds. The molecule has 0 saturated heterocycles. The van der Waals surface area contributed by atoms with Crippen LogP contribution in [0.1, 0.15) is 33.6 Å². The minimum atomic E-state index is -4.64. The van der Waals surface area contributed by atoms with Gasteiger partial charge in [-0.3, -0.25) is 4.79 Å². The van der Waals surface area contributed by atoms with Crippen molar-refractivity contribution in [1.29, 1.82) is 0 Å². The quantitative estimate of drug-likeness (QED) is 0.369. The van der Waals surface area contributed by atoms with Crippen molar-refractivity contribution in [2.75, 3.05) is 13.2 Å². The SMILES string of the molecule is CC(C)(C)OC(=O)n1ccc(OCCC(F)(F)F)n1.FC(F)(F)CCOc1ccn[nH]1.O=CC(F)(F)F. The minimum absolute atomic E-state index is 0.0601. The Hall–Kier alpha value is -3.47. The highest BCUT2D eigenvalue weighted by atomic mass is 19.4. The van der Waals surface area contributed by atoms with Crippen molar-refractivity contribution in [3.63, 3.8) is 0 Å². The Labute approximate surface area is 203 Å². The molecule has 2 aromatic heterocycles. The van der Waals surface area contributed by atoms with Gasteiger partial charge in [0.05, 0.1) is 32.3 Å². The Morgan fingerprint density at radius 3 is 1.86 bits per heavy atom. The van der Waals surface area contributed by atoms with Crippen LogP contribution in [0.2, 0.25) is 0 Å². The van der Waals surface area contributed by atoms with E-state index in [1.807, 2.05) is 0 Å². The van der Waals surface area contributed by atoms with Crippen LogP contribution < -0.4 is 9.47 Å². The summed E-state index contributed by atoms with van der Waals surface area (Å²) in [6.45, 7) is 4.14. The molecular weight excluding hydrogens is 535 g/mol. The van der Waals surface area contributed by atoms with E-state index < -0.39 is 56.0 Å². The second-order valence-corrected chi connectivity index (χ2v) is 7.59. The van der Waals surface area contributed by atoms with Gasteiger partial charge in [0.15, 0.2) is 0 Å². The van der Waals surface area contributed by atoms with Gasteiger partial charge in [-0.05, 0) is 20.8 Å². The summed E-state index contributed by atoms with van der Waals surface area (Å²) in [4.78, 5) is 20.3. The monoisotopic (exact) mass is 558 g/mol. The van der Waals surface area contributed by atoms with Crippen LogP contribution in [0.4, 0.5) is 44.3 Å². The Balaban J connectivity index is 0.000000611. The van der Waals surface area contributed by atoms with Crippen molar-refractivity contribution < 1.29 is 63.3 Å². The van der Waals surface area contributed by atoms with Crippen molar-refractivity contribution in [3.05, 3.63) is 24.5 Å². The number of H-pyrrole nitrogens is 1. The summed E-state index contributed by atoms with van der Waals surface area (Å²) >= 11 is 0. The predicted octanol–water partition coefficient (Wildman–Crippen LogP) is 5.49. The van der Waals surface area contributed by atoms with E-state index in [2.05, 4.69) is 20.0 Å². The zero-order chi connectivity index (χ0) is 28.9. The Morgan fingerprint density at radius 2 is 1.46 bits per heavy atom. The Bertz CT molecular complexity index is 918. The average molecular weight is 558 g/mol. The van der Waals surface area contributed by atoms with Crippen molar-refractivity contribution in [1.82, 2.24) is 20.0 Å². The van der Waals surface area contributed by atoms with Crippen molar-refractivity contribution in [2.45, 2.75) is 57.7 Å². The second-order valence-electron chi connectivity index (χ2n) is 7.59. The van der Waals surface area contributed by atoms with Gasteiger partial charge in [0.1, 0.15) is 5.60 Å². The largest absolute Gasteiger partial charge is 0.478 e. The Morgan fingerprint density at radius 1 is 0.946 bits per heavy atom. The van der Waals surface area contributed by atoms with E-state index in [9.17, 15) is 44.3 Å². The van der Waals surface area contributed by atoms with E-state index in [1.165, 1.54) is 24.5 Å². The zero-order valence-electron chi connectivity index (χ0n) is 19.5. The summed E-state index contributed by atoms with van der Waals surface area (Å²) in [5.74, 6) is 0.189. The standard InChI is InChI=1S/C11H15F3N2O3.C6H7F3N2O.C2HF3O/c1-10(2,3)19-9(17)16-6-4-8(15-16)18-7-5-11(12,13)14;7-6(8,9)2-4-12-5-1-3-10-11-5;3-2(4,5)1-6/h4,6H,5,7H2,1-3H3;1,3H,2,4H2,(H,10,11);1H. The number of hydrogen-bond acceptors (Lipinski definition) is 7. The first-order valence-corrected chi connectivity index (χ1v) is 9.91. The fourth-order valence-electron chi connectivity index (χ4n) is 1.67. The number of rotatable bonds is 6. The first-order chi connectivity index (χ1) is 16.7. The minimum Gasteiger partial charge on any atom is -0.478 e. The third-order valence-electron chi connectivity index (χ3n) is 3.03. The molecule has 0 saturated carbocycles. The van der Waals surface area contributed by atoms with Crippen LogP contribution in [0, 0.1) is 0 Å². The van der Waals surface area contributed by atoms with Gasteiger partial charge in [0, 0.05) is 18.3 Å². The van der Waals surface area contributed by atoms with Crippen molar-refractivity contribution in [2.24, 2.45) is 0 Å². The molecule has 0 bridgehead atoms. The number of nitrogens with zero attached hydrogens (tertiary/aromatic N) is 3. The third-order valence-corrected chi connectivity index (χ3v) is 3.03. The number of aldehydes is 1. The number of carbonyl (C=O) groups excluding carboxylic acids is 2. The molecule has 0 atom stereocenters. The highest BCUT2D eigenvalue weighted by Crippen LogP contribution is 2.20. The van der Waals surface area contributed by atoms with Gasteiger partial charge in [0.2, 0.25) is 18.0 Å². The van der Waals surface area contributed by atoms with Crippen LogP contribution in [0.15, 0.2) is 24.5 Å². The molecule has 0 aromatic carbocycles. The number of ether oxygens (including phenoxy) is 3. The van der Waals surface area contributed by atoms with Gasteiger partial charge in [0.25, 0.3) is 0 Å². The van der Waals surface area contributed by atoms with Crippen LogP contribution in [0.5, 0.6) is 11.8 Å². The van der Waals surface area contributed by atoms with Gasteiger partial charge in [-0.25, -0.2) is 9.89 Å². The van der Waals surface area contributed by atoms with Crippen LogP contribution in [-0.2, 0) is 9.53 Å². The van der Waals surface area contributed by atoms with Gasteiger partial charge in [-0.1, -0.05) is 0 Å². The summed E-state index contributed by atoms with van der Waals surface area (Å²) in [5, 5.41) is 9.56. The van der Waals surface area contributed by atoms with Crippen molar-refractivity contribution >= 4 is 12.4 Å². The molecule has 0 unspecified atom stereocenters. The molecule has 2 rings (SSSR count). The van der Waals surface area contributed by atoms with Crippen LogP contribution in [-0.4, -0.2) is 69.7 Å². The summed E-state index contributed by atoms with van der Waals surface area (Å²) < 4.78 is 117. The van der Waals surface area contributed by atoms with E-state index >= 15 is 0 Å². The lowest BCUT2D eigenvalue weighted by atomic mass is 10.2. The lowest BCUT2D eigenvalue weighted by Gasteiger charge is -2.18. The molecule has 212 valence electrons. The number of nitrogens with one attached hydrogen (secondary N) is 1. The van der Waals surface area contributed by atoms with E-state index in [4.69, 9.17) is 14.3 Å². The molecule has 0 aliphatic heterocycles. The Kier molecular flexibility index (Phi) is 13.0. The number of hydrogen-bond donors (Lipinski definition) is 1. The number of aromatic nitrogens is 4. The molecule has 37 heavy (non-hydrogen) atoms. The maximum absolute atomic E-state index is 11.9. The molecule has 2 aromatic rings. The molecule has 9 nitrogen and oxygen atoms in total. The molecular formula is C19H23F9N4O5. The average Bonchev–Trinajstić information content (AvgIpc) is 3.37. The maximum Gasteiger partial charge on any atom is 0.446 e. The second kappa shape index (κ2) is 14.3. The summed E-state index contributed by atoms with van der Waals surface area (Å²) in [6.07, 6.45) is -14.2. The van der Waals surface area contributed by atoms with E-state index in [0.29, 0.717) is 0 Å². The highest BCUT2D eigenvalue weighted by molar-refractivity contribution is 5.69. The van der Waals surface area contributed by atoms with Crippen LogP contribution >= 0.6 is 0 Å². The van der Waals surface area contributed by atoms with Crippen molar-refractivity contribution in [3.8, 4) is 11.8 Å². The smallest absolute Gasteiger partial charge is 0.446 e. The van der Waals surface area contributed by atoms with Gasteiger partial charge in [-0.15, -0.1) is 5.10 Å². The van der Waals surface area contributed by atoms with E-state index in [-0.39, 0.29) is 18.4 Å². The number of carbonyl (C=O) groups is 2. The van der Waals surface area contributed by atoms with Gasteiger partial charge < -0.3 is 14.2 Å². The van der Waals surface area contributed by atoms with Crippen LogP contribution in [0.25, 0.3) is 0 Å². The molecule has 1 N–H and O–H groups in total. The number of aromatic amines is 1. The van der Waals surface area contributed by atoms with Gasteiger partial charge >= 0.3 is 24.6 Å². The lowest BCUT2D eigenvalue weighted by molar-refractivity contribution is -0.156. The molecule has 0 spiro atoms. The molecule has 2 heterocycles. The molecule has 0 aliphatic rings. The fourth-order valence-corrected chi connectivity index (χ4v) is 1.67. The first kappa shape index (κ1) is 33.5. The molecule has 0 aliphatic carbocycles. The molecule has 0 fully saturated rings. The number of alkyl halides is 9. The van der Waals surface area contributed by atoms with E-state index in [0.717, 1.165) is 4.68 Å². The maximum atomic E-state index is 11.9. The number of halogens is 9. The molecule has 18 heteroatoms. The highest BCUT2D eigenvalue weighted by Gasteiger charge is 2.28. The lowest BCUT2D eigenvalue weighted by Crippen LogP contribution is -2.27. The summed E-state index contributed by atoms with van der Waals surface area (Å²) in [6, 6.07) is 2.75. The van der Waals surface area contributed by atoms with E-state index in [1.54, 1.807) is 20.8 Å². The first-order valence-electron chi connectivity index (χ1n) is 9.91. The predicted molar refractivity (Wildman–Crippen MR) is 107 cm³/mol. The third kappa shape index (κ3) is 20.4. The normalized spacial score (nSPS) is 11.9. The summed E-state index contributed by atoms with van der Waals surface area (Å²) in [7, 11) is 0. The summed E-state index contributed by atoms with van der Waals surface area (Å²) in [5.41, 5.74) is -0.680. The van der Waals surface area contributed by atoms with Gasteiger partial charge in [-0.2, -0.15) is 49.3 Å². The topological polar surface area (TPSA) is 108 Å². The molecule has 0 radical (unpaired) electrons.